The fraction of sp³-hybridized carbons (Fsp3) is 0.769. The zero-order chi connectivity index (χ0) is 12.7. The van der Waals surface area contributed by atoms with Gasteiger partial charge in [0.05, 0.1) is 12.3 Å². The van der Waals surface area contributed by atoms with Crippen LogP contribution in [0.4, 0.5) is 0 Å². The van der Waals surface area contributed by atoms with Crippen LogP contribution in [0.25, 0.3) is 0 Å². The summed E-state index contributed by atoms with van der Waals surface area (Å²) in [6.45, 7) is 7.13. The van der Waals surface area contributed by atoms with E-state index in [1.807, 2.05) is 11.7 Å². The van der Waals surface area contributed by atoms with Crippen LogP contribution in [-0.2, 0) is 24.6 Å². The molecule has 0 aliphatic heterocycles. The number of hydrogen-bond donors (Lipinski definition) is 1. The van der Waals surface area contributed by atoms with Crippen LogP contribution >= 0.6 is 0 Å². The average molecular weight is 239 g/mol. The van der Waals surface area contributed by atoms with Crippen LogP contribution in [-0.4, -0.2) is 36.6 Å². The van der Waals surface area contributed by atoms with Crippen LogP contribution in [0.5, 0.6) is 0 Å². The van der Waals surface area contributed by atoms with Crippen molar-refractivity contribution < 1.29 is 4.74 Å². The van der Waals surface area contributed by atoms with Crippen LogP contribution in [0.2, 0.25) is 0 Å². The van der Waals surface area contributed by atoms with Gasteiger partial charge in [-0.25, -0.2) is 0 Å². The normalized spacial score (nSPS) is 12.9. The fourth-order valence-corrected chi connectivity index (χ4v) is 1.89. The van der Waals surface area contributed by atoms with E-state index in [0.29, 0.717) is 5.92 Å². The Bertz CT molecular complexity index is 322. The molecule has 1 N–H and O–H groups in total. The Labute approximate surface area is 104 Å². The highest BCUT2D eigenvalue weighted by molar-refractivity contribution is 5.10. The SMILES string of the molecule is CCc1cc(CC(C)CNCCOC)n(C)n1. The molecule has 0 fully saturated rings. The summed E-state index contributed by atoms with van der Waals surface area (Å²) in [6.07, 6.45) is 2.08. The summed E-state index contributed by atoms with van der Waals surface area (Å²) in [6, 6.07) is 2.21. The number of nitrogens with zero attached hydrogens (tertiary/aromatic N) is 2. The molecule has 0 bridgehead atoms. The molecular weight excluding hydrogens is 214 g/mol. The van der Waals surface area contributed by atoms with Crippen molar-refractivity contribution in [1.29, 1.82) is 0 Å². The molecule has 0 aliphatic rings. The second-order valence-electron chi connectivity index (χ2n) is 4.61. The molecule has 1 heterocycles. The topological polar surface area (TPSA) is 39.1 Å². The van der Waals surface area contributed by atoms with Crippen molar-refractivity contribution in [2.75, 3.05) is 26.8 Å². The molecule has 1 aromatic heterocycles. The summed E-state index contributed by atoms with van der Waals surface area (Å²) in [5.41, 5.74) is 2.50. The molecule has 4 nitrogen and oxygen atoms in total. The van der Waals surface area contributed by atoms with E-state index in [1.165, 1.54) is 11.4 Å². The van der Waals surface area contributed by atoms with Gasteiger partial charge in [0.15, 0.2) is 0 Å². The maximum atomic E-state index is 5.00. The van der Waals surface area contributed by atoms with Crippen molar-refractivity contribution >= 4 is 0 Å². The lowest BCUT2D eigenvalue weighted by Gasteiger charge is -2.12. The van der Waals surface area contributed by atoms with Gasteiger partial charge in [-0.2, -0.15) is 5.10 Å². The predicted molar refractivity (Wildman–Crippen MR) is 70.2 cm³/mol. The molecule has 17 heavy (non-hydrogen) atoms. The first-order valence-electron chi connectivity index (χ1n) is 6.38. The zero-order valence-corrected chi connectivity index (χ0v) is 11.5. The summed E-state index contributed by atoms with van der Waals surface area (Å²) in [5, 5.41) is 7.86. The molecule has 1 unspecified atom stereocenters. The van der Waals surface area contributed by atoms with Gasteiger partial charge in [0, 0.05) is 26.4 Å². The predicted octanol–water partition coefficient (Wildman–Crippen LogP) is 1.40. The first-order chi connectivity index (χ1) is 8.17. The molecule has 0 aromatic carbocycles. The van der Waals surface area contributed by atoms with Crippen LogP contribution in [0.15, 0.2) is 6.07 Å². The Morgan fingerprint density at radius 3 is 2.88 bits per heavy atom. The number of nitrogens with one attached hydrogen (secondary N) is 1. The molecule has 98 valence electrons. The van der Waals surface area contributed by atoms with E-state index in [9.17, 15) is 0 Å². The fourth-order valence-electron chi connectivity index (χ4n) is 1.89. The van der Waals surface area contributed by atoms with E-state index in [2.05, 4.69) is 30.3 Å². The highest BCUT2D eigenvalue weighted by Gasteiger charge is 2.08. The lowest BCUT2D eigenvalue weighted by Crippen LogP contribution is -2.26. The third-order valence-corrected chi connectivity index (χ3v) is 2.92. The number of methoxy groups -OCH3 is 1. The van der Waals surface area contributed by atoms with Gasteiger partial charge >= 0.3 is 0 Å². The van der Waals surface area contributed by atoms with E-state index in [0.717, 1.165) is 32.5 Å². The summed E-state index contributed by atoms with van der Waals surface area (Å²) in [7, 11) is 3.76. The zero-order valence-electron chi connectivity index (χ0n) is 11.5. The summed E-state index contributed by atoms with van der Waals surface area (Å²) in [5.74, 6) is 0.618. The van der Waals surface area contributed by atoms with Gasteiger partial charge in [-0.3, -0.25) is 4.68 Å². The largest absolute Gasteiger partial charge is 0.383 e. The highest BCUT2D eigenvalue weighted by atomic mass is 16.5. The smallest absolute Gasteiger partial charge is 0.0624 e. The third kappa shape index (κ3) is 4.88. The maximum Gasteiger partial charge on any atom is 0.0624 e. The lowest BCUT2D eigenvalue weighted by molar-refractivity contribution is 0.198. The van der Waals surface area contributed by atoms with Crippen molar-refractivity contribution in [3.63, 3.8) is 0 Å². The molecule has 0 radical (unpaired) electrons. The van der Waals surface area contributed by atoms with Crippen molar-refractivity contribution in [2.45, 2.75) is 26.7 Å². The number of aryl methyl sites for hydroxylation is 2. The second kappa shape index (κ2) is 7.45. The van der Waals surface area contributed by atoms with Crippen LogP contribution in [0.3, 0.4) is 0 Å². The van der Waals surface area contributed by atoms with Gasteiger partial charge in [-0.15, -0.1) is 0 Å². The molecule has 1 aromatic rings. The molecule has 0 saturated carbocycles. The van der Waals surface area contributed by atoms with Gasteiger partial charge < -0.3 is 10.1 Å². The molecule has 0 spiro atoms. The monoisotopic (exact) mass is 239 g/mol. The molecular formula is C13H25N3O. The Morgan fingerprint density at radius 1 is 1.53 bits per heavy atom. The number of hydrogen-bond acceptors (Lipinski definition) is 3. The number of rotatable bonds is 8. The van der Waals surface area contributed by atoms with Gasteiger partial charge in [0.1, 0.15) is 0 Å². The van der Waals surface area contributed by atoms with Crippen molar-refractivity contribution in [3.05, 3.63) is 17.5 Å². The quantitative estimate of drug-likeness (QED) is 0.697. The minimum atomic E-state index is 0.618. The van der Waals surface area contributed by atoms with Crippen LogP contribution < -0.4 is 5.32 Å². The average Bonchev–Trinajstić information content (AvgIpc) is 2.66. The summed E-state index contributed by atoms with van der Waals surface area (Å²) >= 11 is 0. The van der Waals surface area contributed by atoms with E-state index in [4.69, 9.17) is 4.74 Å². The highest BCUT2D eigenvalue weighted by Crippen LogP contribution is 2.09. The van der Waals surface area contributed by atoms with E-state index < -0.39 is 0 Å². The molecule has 0 saturated heterocycles. The van der Waals surface area contributed by atoms with Crippen LogP contribution in [0, 0.1) is 5.92 Å². The Balaban J connectivity index is 2.34. The Hall–Kier alpha value is -0.870. The van der Waals surface area contributed by atoms with E-state index in [1.54, 1.807) is 7.11 Å². The minimum Gasteiger partial charge on any atom is -0.383 e. The van der Waals surface area contributed by atoms with E-state index in [-0.39, 0.29) is 0 Å². The minimum absolute atomic E-state index is 0.618. The van der Waals surface area contributed by atoms with Crippen molar-refractivity contribution in [2.24, 2.45) is 13.0 Å². The summed E-state index contributed by atoms with van der Waals surface area (Å²) < 4.78 is 7.01. The van der Waals surface area contributed by atoms with Crippen LogP contribution in [0.1, 0.15) is 25.2 Å². The Morgan fingerprint density at radius 2 is 2.29 bits per heavy atom. The lowest BCUT2D eigenvalue weighted by atomic mass is 10.1. The second-order valence-corrected chi connectivity index (χ2v) is 4.61. The molecule has 1 atom stereocenters. The van der Waals surface area contributed by atoms with Gasteiger partial charge in [0.2, 0.25) is 0 Å². The van der Waals surface area contributed by atoms with Gasteiger partial charge in [-0.1, -0.05) is 13.8 Å². The van der Waals surface area contributed by atoms with Gasteiger partial charge in [0.25, 0.3) is 0 Å². The number of ether oxygens (including phenoxy) is 1. The van der Waals surface area contributed by atoms with Crippen molar-refractivity contribution in [1.82, 2.24) is 15.1 Å². The molecule has 0 aliphatic carbocycles. The standard InChI is InChI=1S/C13H25N3O/c1-5-12-9-13(16(3)15-12)8-11(2)10-14-6-7-17-4/h9,11,14H,5-8,10H2,1-4H3. The molecule has 0 amide bonds. The number of aromatic nitrogens is 2. The van der Waals surface area contributed by atoms with E-state index >= 15 is 0 Å². The third-order valence-electron chi connectivity index (χ3n) is 2.92. The molecule has 1 rings (SSSR count). The first kappa shape index (κ1) is 14.2. The maximum absolute atomic E-state index is 5.00. The van der Waals surface area contributed by atoms with Crippen molar-refractivity contribution in [3.8, 4) is 0 Å². The first-order valence-corrected chi connectivity index (χ1v) is 6.38. The molecule has 4 heteroatoms. The Kier molecular flexibility index (Phi) is 6.22. The summed E-state index contributed by atoms with van der Waals surface area (Å²) in [4.78, 5) is 0. The van der Waals surface area contributed by atoms with Gasteiger partial charge in [-0.05, 0) is 31.4 Å².